The summed E-state index contributed by atoms with van der Waals surface area (Å²) in [5.41, 5.74) is 0.958. The zero-order valence-electron chi connectivity index (χ0n) is 7.91. The van der Waals surface area contributed by atoms with Gasteiger partial charge in [0, 0.05) is 17.1 Å². The van der Waals surface area contributed by atoms with Gasteiger partial charge in [-0.3, -0.25) is 14.6 Å². The van der Waals surface area contributed by atoms with Gasteiger partial charge in [0.05, 0.1) is 11.1 Å². The van der Waals surface area contributed by atoms with Crippen molar-refractivity contribution < 1.29 is 9.59 Å². The number of pyridine rings is 1. The van der Waals surface area contributed by atoms with E-state index in [1.807, 2.05) is 0 Å². The van der Waals surface area contributed by atoms with Gasteiger partial charge in [-0.1, -0.05) is 6.07 Å². The average molecular weight is 254 g/mol. The largest absolute Gasteiger partial charge is 0.276 e. The van der Waals surface area contributed by atoms with Crippen molar-refractivity contribution in [1.29, 1.82) is 0 Å². The molecule has 2 aromatic rings. The highest BCUT2D eigenvalue weighted by Gasteiger charge is 2.14. The molecule has 0 bridgehead atoms. The molecule has 0 N–H and O–H groups in total. The molecular formula is C11H5Cl2NO2. The summed E-state index contributed by atoms with van der Waals surface area (Å²) in [6, 6.07) is 6.24. The first kappa shape index (κ1) is 11.0. The summed E-state index contributed by atoms with van der Waals surface area (Å²) < 4.78 is 0. The van der Waals surface area contributed by atoms with Crippen molar-refractivity contribution in [1.82, 2.24) is 4.98 Å². The lowest BCUT2D eigenvalue weighted by Crippen LogP contribution is -1.98. The number of carbonyl (C=O) groups excluding carboxylic acids is 2. The molecule has 80 valence electrons. The standard InChI is InChI=1S/C11H5Cl2NO2/c12-10(15)7-3-4-8(11(13)16)9-6(7)2-1-5-14-9/h1-5H. The van der Waals surface area contributed by atoms with Gasteiger partial charge in [-0.25, -0.2) is 0 Å². The molecule has 1 heterocycles. The van der Waals surface area contributed by atoms with E-state index in [1.165, 1.54) is 18.3 Å². The summed E-state index contributed by atoms with van der Waals surface area (Å²) in [5, 5.41) is -0.683. The van der Waals surface area contributed by atoms with Crippen LogP contribution < -0.4 is 0 Å². The maximum Gasteiger partial charge on any atom is 0.254 e. The molecule has 0 unspecified atom stereocenters. The van der Waals surface area contributed by atoms with Crippen molar-refractivity contribution in [3.8, 4) is 0 Å². The van der Waals surface area contributed by atoms with Crippen LogP contribution in [-0.4, -0.2) is 15.5 Å². The molecule has 0 saturated carbocycles. The summed E-state index contributed by atoms with van der Waals surface area (Å²) in [5.74, 6) is 0. The van der Waals surface area contributed by atoms with Gasteiger partial charge in [0.25, 0.3) is 10.5 Å². The van der Waals surface area contributed by atoms with E-state index < -0.39 is 10.5 Å². The zero-order chi connectivity index (χ0) is 11.7. The van der Waals surface area contributed by atoms with E-state index in [2.05, 4.69) is 4.98 Å². The Kier molecular flexibility index (Phi) is 2.90. The fraction of sp³-hybridized carbons (Fsp3) is 0. The Morgan fingerprint density at radius 1 is 1.00 bits per heavy atom. The minimum Gasteiger partial charge on any atom is -0.276 e. The topological polar surface area (TPSA) is 47.0 Å². The molecule has 0 saturated heterocycles. The number of hydrogen-bond acceptors (Lipinski definition) is 3. The molecule has 0 atom stereocenters. The van der Waals surface area contributed by atoms with Gasteiger partial charge >= 0.3 is 0 Å². The second-order valence-electron chi connectivity index (χ2n) is 3.11. The second-order valence-corrected chi connectivity index (χ2v) is 3.79. The van der Waals surface area contributed by atoms with E-state index in [9.17, 15) is 9.59 Å². The molecule has 0 fully saturated rings. The molecule has 16 heavy (non-hydrogen) atoms. The van der Waals surface area contributed by atoms with Crippen molar-refractivity contribution in [2.24, 2.45) is 0 Å². The minimum atomic E-state index is -0.614. The van der Waals surface area contributed by atoms with Crippen LogP contribution in [0.5, 0.6) is 0 Å². The molecule has 0 spiro atoms. The highest BCUT2D eigenvalue weighted by Crippen LogP contribution is 2.23. The number of nitrogens with zero attached hydrogens (tertiary/aromatic N) is 1. The Bertz CT molecular complexity index is 543. The van der Waals surface area contributed by atoms with E-state index >= 15 is 0 Å². The van der Waals surface area contributed by atoms with Crippen LogP contribution in [-0.2, 0) is 0 Å². The minimum absolute atomic E-state index is 0.263. The first-order valence-electron chi connectivity index (χ1n) is 4.38. The Hall–Kier alpha value is -1.45. The Balaban J connectivity index is 2.87. The molecule has 0 radical (unpaired) electrons. The van der Waals surface area contributed by atoms with E-state index in [-0.39, 0.29) is 5.56 Å². The Morgan fingerprint density at radius 2 is 1.62 bits per heavy atom. The lowest BCUT2D eigenvalue weighted by molar-refractivity contribution is 0.107. The fourth-order valence-corrected chi connectivity index (χ4v) is 1.82. The normalized spacial score (nSPS) is 10.4. The average Bonchev–Trinajstić information content (AvgIpc) is 2.27. The van der Waals surface area contributed by atoms with Gasteiger partial charge in [-0.05, 0) is 41.4 Å². The third-order valence-corrected chi connectivity index (χ3v) is 2.60. The van der Waals surface area contributed by atoms with Crippen molar-refractivity contribution in [2.45, 2.75) is 0 Å². The smallest absolute Gasteiger partial charge is 0.254 e. The number of hydrogen-bond donors (Lipinski definition) is 0. The molecule has 0 aliphatic heterocycles. The van der Waals surface area contributed by atoms with E-state index in [1.54, 1.807) is 12.1 Å². The summed E-state index contributed by atoms with van der Waals surface area (Å²) >= 11 is 10.8. The van der Waals surface area contributed by atoms with Crippen LogP contribution in [0.1, 0.15) is 20.7 Å². The lowest BCUT2D eigenvalue weighted by atomic mass is 10.1. The summed E-state index contributed by atoms with van der Waals surface area (Å²) in [7, 11) is 0. The van der Waals surface area contributed by atoms with Crippen molar-refractivity contribution in [3.63, 3.8) is 0 Å². The van der Waals surface area contributed by atoms with Crippen LogP contribution in [0, 0.1) is 0 Å². The Morgan fingerprint density at radius 3 is 2.25 bits per heavy atom. The molecule has 0 aliphatic rings. The van der Waals surface area contributed by atoms with Gasteiger partial charge < -0.3 is 0 Å². The van der Waals surface area contributed by atoms with Gasteiger partial charge in [0.15, 0.2) is 0 Å². The molecule has 2 rings (SSSR count). The molecule has 0 amide bonds. The van der Waals surface area contributed by atoms with E-state index in [0.29, 0.717) is 16.5 Å². The number of aromatic nitrogens is 1. The molecule has 3 nitrogen and oxygen atoms in total. The predicted molar refractivity (Wildman–Crippen MR) is 62.1 cm³/mol. The fourth-order valence-electron chi connectivity index (χ4n) is 1.50. The molecule has 1 aromatic carbocycles. The molecular weight excluding hydrogens is 249 g/mol. The first-order chi connectivity index (χ1) is 7.61. The highest BCUT2D eigenvalue weighted by molar-refractivity contribution is 6.70. The summed E-state index contributed by atoms with van der Waals surface area (Å²) in [4.78, 5) is 26.3. The van der Waals surface area contributed by atoms with Crippen LogP contribution in [0.2, 0.25) is 0 Å². The van der Waals surface area contributed by atoms with Crippen LogP contribution in [0.15, 0.2) is 30.5 Å². The molecule has 0 aliphatic carbocycles. The predicted octanol–water partition coefficient (Wildman–Crippen LogP) is 2.99. The van der Waals surface area contributed by atoms with Crippen LogP contribution >= 0.6 is 23.2 Å². The van der Waals surface area contributed by atoms with Gasteiger partial charge in [0.1, 0.15) is 0 Å². The monoisotopic (exact) mass is 253 g/mol. The third-order valence-electron chi connectivity index (χ3n) is 2.19. The third kappa shape index (κ3) is 1.79. The highest BCUT2D eigenvalue weighted by atomic mass is 35.5. The molecule has 5 heteroatoms. The van der Waals surface area contributed by atoms with Gasteiger partial charge in [-0.2, -0.15) is 0 Å². The van der Waals surface area contributed by atoms with Crippen LogP contribution in [0.25, 0.3) is 10.9 Å². The zero-order valence-corrected chi connectivity index (χ0v) is 9.42. The number of benzene rings is 1. The lowest BCUT2D eigenvalue weighted by Gasteiger charge is -2.04. The maximum atomic E-state index is 11.2. The summed E-state index contributed by atoms with van der Waals surface area (Å²) in [6.07, 6.45) is 1.52. The number of halogens is 2. The van der Waals surface area contributed by atoms with Crippen LogP contribution in [0.3, 0.4) is 0 Å². The van der Waals surface area contributed by atoms with E-state index in [4.69, 9.17) is 23.2 Å². The summed E-state index contributed by atoms with van der Waals surface area (Å²) in [6.45, 7) is 0. The van der Waals surface area contributed by atoms with Gasteiger partial charge in [-0.15, -0.1) is 0 Å². The van der Waals surface area contributed by atoms with E-state index in [0.717, 1.165) is 0 Å². The van der Waals surface area contributed by atoms with Crippen LogP contribution in [0.4, 0.5) is 0 Å². The maximum absolute atomic E-state index is 11.2. The van der Waals surface area contributed by atoms with Crippen molar-refractivity contribution >= 4 is 44.6 Å². The first-order valence-corrected chi connectivity index (χ1v) is 5.14. The van der Waals surface area contributed by atoms with Gasteiger partial charge in [0.2, 0.25) is 0 Å². The number of fused-ring (bicyclic) bond motifs is 1. The SMILES string of the molecule is O=C(Cl)c1ccc(C(=O)Cl)c2ncccc12. The quantitative estimate of drug-likeness (QED) is 0.774. The number of rotatable bonds is 2. The molecule has 1 aromatic heterocycles. The second kappa shape index (κ2) is 4.20. The van der Waals surface area contributed by atoms with Crippen molar-refractivity contribution in [2.75, 3.05) is 0 Å². The number of carbonyl (C=O) groups is 2. The Labute approximate surface area is 101 Å². The van der Waals surface area contributed by atoms with Crippen molar-refractivity contribution in [3.05, 3.63) is 41.6 Å².